The lowest BCUT2D eigenvalue weighted by molar-refractivity contribution is 0.214. The molecule has 0 amide bonds. The zero-order chi connectivity index (χ0) is 7.68. The van der Waals surface area contributed by atoms with Crippen LogP contribution in [0.2, 0.25) is 0 Å². The van der Waals surface area contributed by atoms with E-state index >= 15 is 0 Å². The van der Waals surface area contributed by atoms with Gasteiger partial charge in [-0.15, -0.1) is 0 Å². The van der Waals surface area contributed by atoms with E-state index in [1.807, 2.05) is 24.3 Å². The van der Waals surface area contributed by atoms with Crippen LogP contribution in [0.1, 0.15) is 5.56 Å². The predicted molar refractivity (Wildman–Crippen MR) is 43.7 cm³/mol. The Morgan fingerprint density at radius 3 is 3.09 bits per heavy atom. The van der Waals surface area contributed by atoms with Gasteiger partial charge < -0.3 is 10.4 Å². The van der Waals surface area contributed by atoms with Gasteiger partial charge in [-0.25, -0.2) is 4.99 Å². The smallest absolute Gasteiger partial charge is 0.223 e. The molecule has 1 aliphatic rings. The minimum absolute atomic E-state index is 0.787. The molecule has 0 aliphatic carbocycles. The van der Waals surface area contributed by atoms with Crippen molar-refractivity contribution in [3.05, 3.63) is 29.8 Å². The third-order valence-electron chi connectivity index (χ3n) is 1.60. The van der Waals surface area contributed by atoms with Gasteiger partial charge in [0.2, 0.25) is 6.35 Å². The maximum absolute atomic E-state index is 9.05. The summed E-state index contributed by atoms with van der Waals surface area (Å²) in [7, 11) is 0. The van der Waals surface area contributed by atoms with Crippen LogP contribution in [0.15, 0.2) is 29.3 Å². The first-order valence-electron chi connectivity index (χ1n) is 3.43. The van der Waals surface area contributed by atoms with Gasteiger partial charge in [0.15, 0.2) is 0 Å². The molecular formula is C8H8N2O. The number of nitrogens with one attached hydrogen (secondary N) is 1. The second-order valence-electron chi connectivity index (χ2n) is 2.38. The molecule has 3 heteroatoms. The van der Waals surface area contributed by atoms with Crippen molar-refractivity contribution in [2.75, 3.05) is 5.32 Å². The summed E-state index contributed by atoms with van der Waals surface area (Å²) in [6.45, 7) is 0. The molecule has 0 bridgehead atoms. The fourth-order valence-corrected chi connectivity index (χ4v) is 1.07. The van der Waals surface area contributed by atoms with Crippen molar-refractivity contribution in [2.45, 2.75) is 6.35 Å². The molecule has 1 aromatic rings. The lowest BCUT2D eigenvalue weighted by atomic mass is 10.2. The number of fused-ring (bicyclic) bond motifs is 1. The van der Waals surface area contributed by atoms with Crippen molar-refractivity contribution >= 4 is 11.9 Å². The van der Waals surface area contributed by atoms with Crippen LogP contribution in [-0.2, 0) is 0 Å². The Balaban J connectivity index is 2.46. The number of benzene rings is 1. The molecule has 0 aromatic heterocycles. The molecule has 1 heterocycles. The monoisotopic (exact) mass is 148 g/mol. The first-order valence-corrected chi connectivity index (χ1v) is 3.43. The molecule has 0 spiro atoms. The van der Waals surface area contributed by atoms with Gasteiger partial charge in [0, 0.05) is 17.5 Å². The molecule has 11 heavy (non-hydrogen) atoms. The largest absolute Gasteiger partial charge is 0.355 e. The quantitative estimate of drug-likeness (QED) is 0.571. The zero-order valence-electron chi connectivity index (χ0n) is 5.86. The van der Waals surface area contributed by atoms with Crippen LogP contribution >= 0.6 is 0 Å². The summed E-state index contributed by atoms with van der Waals surface area (Å²) in [5.41, 5.74) is 1.94. The maximum Gasteiger partial charge on any atom is 0.223 e. The highest BCUT2D eigenvalue weighted by Gasteiger charge is 2.07. The Bertz CT molecular complexity index is 296. The Hall–Kier alpha value is -1.35. The van der Waals surface area contributed by atoms with Crippen LogP contribution in [0.25, 0.3) is 0 Å². The minimum atomic E-state index is -0.787. The topological polar surface area (TPSA) is 44.6 Å². The molecular weight excluding hydrogens is 140 g/mol. The van der Waals surface area contributed by atoms with E-state index in [1.165, 1.54) is 0 Å². The minimum Gasteiger partial charge on any atom is -0.355 e. The van der Waals surface area contributed by atoms with E-state index in [9.17, 15) is 0 Å². The van der Waals surface area contributed by atoms with Crippen molar-refractivity contribution < 1.29 is 5.11 Å². The van der Waals surface area contributed by atoms with Gasteiger partial charge >= 0.3 is 0 Å². The summed E-state index contributed by atoms with van der Waals surface area (Å²) < 4.78 is 0. The molecule has 0 radical (unpaired) electrons. The van der Waals surface area contributed by atoms with Crippen molar-refractivity contribution in [3.8, 4) is 0 Å². The number of aliphatic hydroxyl groups is 1. The van der Waals surface area contributed by atoms with Crippen molar-refractivity contribution in [2.24, 2.45) is 4.99 Å². The first kappa shape index (κ1) is 6.37. The highest BCUT2D eigenvalue weighted by Crippen LogP contribution is 2.16. The van der Waals surface area contributed by atoms with E-state index < -0.39 is 6.35 Å². The summed E-state index contributed by atoms with van der Waals surface area (Å²) in [5, 5.41) is 11.9. The third kappa shape index (κ3) is 1.10. The number of nitrogens with zero attached hydrogens (tertiary/aromatic N) is 1. The normalized spacial score (nSPS) is 20.6. The molecule has 0 saturated carbocycles. The fourth-order valence-electron chi connectivity index (χ4n) is 1.07. The van der Waals surface area contributed by atoms with E-state index in [4.69, 9.17) is 5.11 Å². The van der Waals surface area contributed by atoms with Gasteiger partial charge in [-0.05, 0) is 6.07 Å². The van der Waals surface area contributed by atoms with Gasteiger partial charge in [-0.2, -0.15) is 0 Å². The van der Waals surface area contributed by atoms with E-state index in [-0.39, 0.29) is 0 Å². The van der Waals surface area contributed by atoms with Crippen molar-refractivity contribution in [3.63, 3.8) is 0 Å². The molecule has 0 saturated heterocycles. The number of anilines is 1. The number of aliphatic hydroxyl groups excluding tert-OH is 1. The third-order valence-corrected chi connectivity index (χ3v) is 1.60. The zero-order valence-corrected chi connectivity index (χ0v) is 5.86. The molecule has 1 atom stereocenters. The van der Waals surface area contributed by atoms with Crippen LogP contribution in [-0.4, -0.2) is 17.7 Å². The van der Waals surface area contributed by atoms with E-state index in [1.54, 1.807) is 6.21 Å². The Morgan fingerprint density at radius 2 is 2.18 bits per heavy atom. The second-order valence-corrected chi connectivity index (χ2v) is 2.38. The summed E-state index contributed by atoms with van der Waals surface area (Å²) in [6, 6.07) is 7.70. The van der Waals surface area contributed by atoms with Gasteiger partial charge in [0.05, 0.1) is 0 Å². The molecule has 1 unspecified atom stereocenters. The predicted octanol–water partition coefficient (Wildman–Crippen LogP) is 0.807. The van der Waals surface area contributed by atoms with Crippen LogP contribution < -0.4 is 5.32 Å². The first-order chi connectivity index (χ1) is 5.36. The van der Waals surface area contributed by atoms with Crippen molar-refractivity contribution in [1.29, 1.82) is 0 Å². The maximum atomic E-state index is 9.05. The highest BCUT2D eigenvalue weighted by molar-refractivity contribution is 5.89. The average molecular weight is 148 g/mol. The number of aliphatic imine (C=N–C) groups is 1. The van der Waals surface area contributed by atoms with Crippen molar-refractivity contribution in [1.82, 2.24) is 0 Å². The standard InChI is InChI=1S/C8H8N2O/c11-8-9-5-6-3-1-2-4-7(6)10-8/h1-5,8,10-11H. The van der Waals surface area contributed by atoms with Gasteiger partial charge in [0.25, 0.3) is 0 Å². The number of hydrogen-bond acceptors (Lipinski definition) is 3. The van der Waals surface area contributed by atoms with Crippen LogP contribution in [0.4, 0.5) is 5.69 Å². The van der Waals surface area contributed by atoms with E-state index in [2.05, 4.69) is 10.3 Å². The number of rotatable bonds is 0. The summed E-state index contributed by atoms with van der Waals surface area (Å²) in [6.07, 6.45) is 0.876. The molecule has 1 aliphatic heterocycles. The Morgan fingerprint density at radius 1 is 1.36 bits per heavy atom. The lowest BCUT2D eigenvalue weighted by Crippen LogP contribution is -2.20. The molecule has 56 valence electrons. The summed E-state index contributed by atoms with van der Waals surface area (Å²) >= 11 is 0. The molecule has 2 rings (SSSR count). The van der Waals surface area contributed by atoms with Crippen LogP contribution in [0.3, 0.4) is 0 Å². The SMILES string of the molecule is OC1N=Cc2ccccc2N1. The summed E-state index contributed by atoms with van der Waals surface area (Å²) in [5.74, 6) is 0. The molecule has 0 fully saturated rings. The summed E-state index contributed by atoms with van der Waals surface area (Å²) in [4.78, 5) is 3.79. The lowest BCUT2D eigenvalue weighted by Gasteiger charge is -2.16. The average Bonchev–Trinajstić information content (AvgIpc) is 2.04. The molecule has 2 N–H and O–H groups in total. The van der Waals surface area contributed by atoms with Gasteiger partial charge in [-0.3, -0.25) is 0 Å². The second kappa shape index (κ2) is 2.36. The number of hydrogen-bond donors (Lipinski definition) is 2. The Labute approximate surface area is 64.4 Å². The molecule has 3 nitrogen and oxygen atoms in total. The molecule has 1 aromatic carbocycles. The number of para-hydroxylation sites is 1. The van der Waals surface area contributed by atoms with Crippen LogP contribution in [0, 0.1) is 0 Å². The van der Waals surface area contributed by atoms with E-state index in [0.29, 0.717) is 0 Å². The van der Waals surface area contributed by atoms with E-state index in [0.717, 1.165) is 11.3 Å². The van der Waals surface area contributed by atoms with Gasteiger partial charge in [0.1, 0.15) is 0 Å². The van der Waals surface area contributed by atoms with Gasteiger partial charge in [-0.1, -0.05) is 18.2 Å². The van der Waals surface area contributed by atoms with Crippen LogP contribution in [0.5, 0.6) is 0 Å². The highest BCUT2D eigenvalue weighted by atomic mass is 16.3. The Kier molecular flexibility index (Phi) is 1.36. The fraction of sp³-hybridized carbons (Fsp3) is 0.125.